The summed E-state index contributed by atoms with van der Waals surface area (Å²) in [6, 6.07) is 11.4. The van der Waals surface area contributed by atoms with E-state index in [0.29, 0.717) is 22.5 Å². The number of allylic oxidation sites excluding steroid dienone is 1. The number of nitrogens with zero attached hydrogens (tertiary/aromatic N) is 2. The second kappa shape index (κ2) is 9.04. The highest BCUT2D eigenvalue weighted by Crippen LogP contribution is 2.40. The summed E-state index contributed by atoms with van der Waals surface area (Å²) in [4.78, 5) is 4.40. The number of quaternary nitrogens is 1. The van der Waals surface area contributed by atoms with E-state index >= 15 is 0 Å². The van der Waals surface area contributed by atoms with Gasteiger partial charge in [0.05, 0.1) is 19.1 Å². The fourth-order valence-electron chi connectivity index (χ4n) is 5.17. The van der Waals surface area contributed by atoms with Crippen LogP contribution in [-0.2, 0) is 6.54 Å². The van der Waals surface area contributed by atoms with Gasteiger partial charge in [-0.2, -0.15) is 0 Å². The Labute approximate surface area is 186 Å². The van der Waals surface area contributed by atoms with Crippen LogP contribution in [0, 0.1) is 23.4 Å². The van der Waals surface area contributed by atoms with Crippen LogP contribution in [0.1, 0.15) is 36.5 Å². The van der Waals surface area contributed by atoms with Gasteiger partial charge in [0, 0.05) is 23.6 Å². The minimum Gasteiger partial charge on any atom is -0.382 e. The maximum Gasteiger partial charge on any atom is 0.194 e. The molecule has 1 aliphatic heterocycles. The van der Waals surface area contributed by atoms with Crippen molar-refractivity contribution in [3.63, 3.8) is 0 Å². The van der Waals surface area contributed by atoms with E-state index in [0.717, 1.165) is 54.4 Å². The Kier molecular flexibility index (Phi) is 6.35. The number of para-hydroxylation sites is 1. The Morgan fingerprint density at radius 3 is 2.62 bits per heavy atom. The molecular formula is C26H28F3N2O+. The monoisotopic (exact) mass is 441 g/mol. The molecule has 0 saturated carbocycles. The predicted octanol–water partition coefficient (Wildman–Crippen LogP) is 5.69. The van der Waals surface area contributed by atoms with Crippen molar-refractivity contribution in [3.8, 4) is 0 Å². The summed E-state index contributed by atoms with van der Waals surface area (Å²) in [5, 5.41) is 12.5. The molecule has 32 heavy (non-hydrogen) atoms. The van der Waals surface area contributed by atoms with Gasteiger partial charge in [-0.25, -0.2) is 13.2 Å². The molecule has 3 nitrogen and oxygen atoms in total. The Morgan fingerprint density at radius 2 is 1.91 bits per heavy atom. The van der Waals surface area contributed by atoms with Crippen LogP contribution in [-0.4, -0.2) is 34.2 Å². The number of fused-ring (bicyclic) bond motifs is 1. The summed E-state index contributed by atoms with van der Waals surface area (Å²) >= 11 is 0. The van der Waals surface area contributed by atoms with Crippen LogP contribution in [0.5, 0.6) is 0 Å². The number of rotatable bonds is 6. The zero-order valence-corrected chi connectivity index (χ0v) is 18.1. The molecule has 1 aliphatic rings. The minimum atomic E-state index is -1.46. The van der Waals surface area contributed by atoms with Crippen LogP contribution in [0.3, 0.4) is 0 Å². The number of piperidine rings is 1. The molecule has 1 fully saturated rings. The van der Waals surface area contributed by atoms with Gasteiger partial charge in [-0.3, -0.25) is 4.98 Å². The Bertz CT molecular complexity index is 1110. The first-order valence-corrected chi connectivity index (χ1v) is 10.9. The summed E-state index contributed by atoms with van der Waals surface area (Å²) in [5.74, 6) is -3.47. The van der Waals surface area contributed by atoms with Gasteiger partial charge in [-0.05, 0) is 48.6 Å². The van der Waals surface area contributed by atoms with Crippen molar-refractivity contribution in [2.45, 2.75) is 38.0 Å². The van der Waals surface area contributed by atoms with Crippen LogP contribution in [0.4, 0.5) is 13.2 Å². The third kappa shape index (κ3) is 4.30. The molecule has 4 rings (SSSR count). The van der Waals surface area contributed by atoms with Gasteiger partial charge in [-0.1, -0.05) is 24.3 Å². The molecular weight excluding hydrogens is 413 g/mol. The number of likely N-dealkylation sites (N-methyl/N-ethyl adjacent to an activating group) is 1. The van der Waals surface area contributed by atoms with Crippen LogP contribution in [0.25, 0.3) is 10.9 Å². The fourth-order valence-corrected chi connectivity index (χ4v) is 5.17. The molecule has 3 aromatic rings. The molecule has 0 aliphatic carbocycles. The van der Waals surface area contributed by atoms with Crippen molar-refractivity contribution in [1.29, 1.82) is 0 Å². The number of aliphatic hydroxyl groups is 1. The smallest absolute Gasteiger partial charge is 0.194 e. The Morgan fingerprint density at radius 1 is 1.19 bits per heavy atom. The van der Waals surface area contributed by atoms with Crippen LogP contribution < -0.4 is 0 Å². The summed E-state index contributed by atoms with van der Waals surface area (Å²) in [6.07, 6.45) is 5.30. The van der Waals surface area contributed by atoms with Gasteiger partial charge in [0.1, 0.15) is 18.7 Å². The molecule has 2 heterocycles. The third-order valence-electron chi connectivity index (χ3n) is 6.88. The lowest BCUT2D eigenvalue weighted by atomic mass is 9.81. The van der Waals surface area contributed by atoms with Crippen molar-refractivity contribution in [2.75, 3.05) is 13.6 Å². The second-order valence-corrected chi connectivity index (χ2v) is 9.08. The number of pyridine rings is 1. The molecule has 0 spiro atoms. The highest BCUT2D eigenvalue weighted by atomic mass is 19.2. The van der Waals surface area contributed by atoms with Crippen molar-refractivity contribution in [2.24, 2.45) is 5.92 Å². The van der Waals surface area contributed by atoms with E-state index in [2.05, 4.69) is 11.6 Å². The molecule has 0 bridgehead atoms. The van der Waals surface area contributed by atoms with E-state index in [-0.39, 0.29) is 6.04 Å². The molecule has 6 heteroatoms. The lowest BCUT2D eigenvalue weighted by Crippen LogP contribution is -2.58. The zero-order valence-electron chi connectivity index (χ0n) is 18.1. The number of aliphatic hydroxyl groups excluding tert-OH is 1. The van der Waals surface area contributed by atoms with E-state index in [1.165, 1.54) is 0 Å². The quantitative estimate of drug-likeness (QED) is 0.303. The van der Waals surface area contributed by atoms with E-state index < -0.39 is 23.6 Å². The summed E-state index contributed by atoms with van der Waals surface area (Å²) < 4.78 is 41.7. The van der Waals surface area contributed by atoms with E-state index in [9.17, 15) is 18.3 Å². The largest absolute Gasteiger partial charge is 0.382 e. The summed E-state index contributed by atoms with van der Waals surface area (Å²) in [7, 11) is 2.00. The van der Waals surface area contributed by atoms with E-state index in [1.807, 2.05) is 43.5 Å². The molecule has 1 aromatic heterocycles. The van der Waals surface area contributed by atoms with Gasteiger partial charge >= 0.3 is 0 Å². The van der Waals surface area contributed by atoms with Crippen LogP contribution >= 0.6 is 0 Å². The number of likely N-dealkylation sites (tertiary alicyclic amines) is 1. The molecule has 1 saturated heterocycles. The first kappa shape index (κ1) is 22.5. The van der Waals surface area contributed by atoms with Gasteiger partial charge in [0.2, 0.25) is 0 Å². The van der Waals surface area contributed by atoms with E-state index in [1.54, 1.807) is 6.20 Å². The maximum atomic E-state index is 13.9. The highest BCUT2D eigenvalue weighted by molar-refractivity contribution is 5.82. The first-order valence-electron chi connectivity index (χ1n) is 10.9. The SMILES string of the molecule is C=CCC1CC[N+](C)(Cc2cc(F)c(F)c(F)c2)C([C@@H](O)c2ccnc3ccccc23)C1. The third-order valence-corrected chi connectivity index (χ3v) is 6.88. The first-order chi connectivity index (χ1) is 15.3. The maximum absolute atomic E-state index is 13.9. The highest BCUT2D eigenvalue weighted by Gasteiger charge is 2.44. The molecule has 3 unspecified atom stereocenters. The predicted molar refractivity (Wildman–Crippen MR) is 119 cm³/mol. The van der Waals surface area contributed by atoms with Gasteiger partial charge < -0.3 is 9.59 Å². The average molecular weight is 442 g/mol. The molecule has 1 N–H and O–H groups in total. The molecule has 0 amide bonds. The molecule has 0 radical (unpaired) electrons. The lowest BCUT2D eigenvalue weighted by Gasteiger charge is -2.49. The molecule has 168 valence electrons. The van der Waals surface area contributed by atoms with Gasteiger partial charge in [0.25, 0.3) is 0 Å². The lowest BCUT2D eigenvalue weighted by molar-refractivity contribution is -0.956. The van der Waals surface area contributed by atoms with Crippen LogP contribution in [0.2, 0.25) is 0 Å². The van der Waals surface area contributed by atoms with Gasteiger partial charge in [0.15, 0.2) is 17.5 Å². The number of halogens is 3. The Hall–Kier alpha value is -2.70. The van der Waals surface area contributed by atoms with E-state index in [4.69, 9.17) is 0 Å². The zero-order chi connectivity index (χ0) is 22.9. The summed E-state index contributed by atoms with van der Waals surface area (Å²) in [5.41, 5.74) is 1.97. The van der Waals surface area contributed by atoms with Crippen molar-refractivity contribution < 1.29 is 22.8 Å². The Balaban J connectivity index is 1.72. The summed E-state index contributed by atoms with van der Waals surface area (Å²) in [6.45, 7) is 4.88. The number of benzene rings is 2. The van der Waals surface area contributed by atoms with Crippen molar-refractivity contribution >= 4 is 10.9 Å². The van der Waals surface area contributed by atoms with Crippen molar-refractivity contribution in [3.05, 3.63) is 89.9 Å². The molecule has 4 atom stereocenters. The van der Waals surface area contributed by atoms with Crippen LogP contribution in [0.15, 0.2) is 61.3 Å². The minimum absolute atomic E-state index is 0.212. The number of hydrogen-bond acceptors (Lipinski definition) is 2. The number of aromatic nitrogens is 1. The second-order valence-electron chi connectivity index (χ2n) is 9.08. The van der Waals surface area contributed by atoms with Gasteiger partial charge in [-0.15, -0.1) is 6.58 Å². The fraction of sp³-hybridized carbons (Fsp3) is 0.346. The average Bonchev–Trinajstić information content (AvgIpc) is 2.78. The van der Waals surface area contributed by atoms with Crippen molar-refractivity contribution in [1.82, 2.24) is 4.98 Å². The molecule has 2 aromatic carbocycles. The topological polar surface area (TPSA) is 33.1 Å². The number of hydrogen-bond donors (Lipinski definition) is 1. The normalized spacial score (nSPS) is 24.4. The standard InChI is InChI=1S/C26H28F3N2O/c1-3-6-17-10-12-31(2,16-18-13-21(27)25(29)22(28)14-18)24(15-17)26(32)20-9-11-30-23-8-5-4-7-19(20)23/h3-5,7-9,11,13-14,17,24,26,32H,1,6,10,12,15-16H2,2H3/q+1/t17?,24?,26-,31?/m0/s1.